The molecular formula is C13H17BrFNS. The topological polar surface area (TPSA) is 12.0 Å². The van der Waals surface area contributed by atoms with E-state index in [9.17, 15) is 4.39 Å². The molecule has 4 heteroatoms. The molecule has 0 saturated carbocycles. The van der Waals surface area contributed by atoms with Crippen LogP contribution >= 0.6 is 27.7 Å². The minimum absolute atomic E-state index is 0.128. The number of hydrogen-bond acceptors (Lipinski definition) is 2. The first kappa shape index (κ1) is 13.4. The highest BCUT2D eigenvalue weighted by molar-refractivity contribution is 9.10. The molecular weight excluding hydrogens is 301 g/mol. The average molecular weight is 318 g/mol. The molecule has 1 fully saturated rings. The van der Waals surface area contributed by atoms with Gasteiger partial charge in [-0.3, -0.25) is 0 Å². The molecule has 94 valence electrons. The Kier molecular flexibility index (Phi) is 5.32. The Morgan fingerprint density at radius 2 is 2.29 bits per heavy atom. The first-order chi connectivity index (χ1) is 8.25. The van der Waals surface area contributed by atoms with Crippen molar-refractivity contribution < 1.29 is 4.39 Å². The highest BCUT2D eigenvalue weighted by Crippen LogP contribution is 2.24. The second kappa shape index (κ2) is 6.76. The molecule has 0 aromatic heterocycles. The van der Waals surface area contributed by atoms with Crippen molar-refractivity contribution in [2.24, 2.45) is 0 Å². The maximum atomic E-state index is 13.5. The minimum atomic E-state index is -0.128. The first-order valence-corrected chi connectivity index (χ1v) is 7.86. The zero-order chi connectivity index (χ0) is 12.1. The molecule has 1 aromatic rings. The summed E-state index contributed by atoms with van der Waals surface area (Å²) in [5.41, 5.74) is 0.736. The molecule has 1 aliphatic rings. The van der Waals surface area contributed by atoms with Gasteiger partial charge in [0.15, 0.2) is 0 Å². The lowest BCUT2D eigenvalue weighted by Crippen LogP contribution is -2.26. The van der Waals surface area contributed by atoms with Crippen LogP contribution in [0.5, 0.6) is 0 Å². The Hall–Kier alpha value is -0.0600. The van der Waals surface area contributed by atoms with Crippen molar-refractivity contribution in [3.63, 3.8) is 0 Å². The van der Waals surface area contributed by atoms with Gasteiger partial charge in [-0.2, -0.15) is 11.8 Å². The first-order valence-electron chi connectivity index (χ1n) is 6.02. The summed E-state index contributed by atoms with van der Waals surface area (Å²) in [7, 11) is 0. The predicted molar refractivity (Wildman–Crippen MR) is 75.9 cm³/mol. The number of rotatable bonds is 4. The van der Waals surface area contributed by atoms with E-state index in [0.717, 1.165) is 16.6 Å². The third-order valence-electron chi connectivity index (χ3n) is 2.97. The summed E-state index contributed by atoms with van der Waals surface area (Å²) >= 11 is 5.41. The van der Waals surface area contributed by atoms with E-state index in [1.807, 2.05) is 17.8 Å². The van der Waals surface area contributed by atoms with Crippen LogP contribution in [-0.2, 0) is 6.54 Å². The van der Waals surface area contributed by atoms with Crippen molar-refractivity contribution in [2.75, 3.05) is 12.3 Å². The summed E-state index contributed by atoms with van der Waals surface area (Å²) in [6, 6.07) is 5.09. The zero-order valence-electron chi connectivity index (χ0n) is 9.72. The Bertz CT molecular complexity index is 366. The number of hydrogen-bond donors (Lipinski definition) is 1. The van der Waals surface area contributed by atoms with E-state index in [4.69, 9.17) is 0 Å². The van der Waals surface area contributed by atoms with E-state index in [1.54, 1.807) is 6.07 Å². The van der Waals surface area contributed by atoms with Crippen LogP contribution in [0.4, 0.5) is 4.39 Å². The summed E-state index contributed by atoms with van der Waals surface area (Å²) in [5.74, 6) is 1.15. The van der Waals surface area contributed by atoms with Crippen molar-refractivity contribution in [3.05, 3.63) is 34.1 Å². The number of thioether (sulfide) groups is 1. The van der Waals surface area contributed by atoms with Crippen molar-refractivity contribution in [1.82, 2.24) is 5.32 Å². The molecule has 0 aliphatic carbocycles. The van der Waals surface area contributed by atoms with E-state index in [0.29, 0.717) is 11.8 Å². The molecule has 1 N–H and O–H groups in total. The van der Waals surface area contributed by atoms with Gasteiger partial charge in [0, 0.05) is 28.4 Å². The fourth-order valence-electron chi connectivity index (χ4n) is 2.01. The van der Waals surface area contributed by atoms with Gasteiger partial charge >= 0.3 is 0 Å². The molecule has 0 amide bonds. The maximum Gasteiger partial charge on any atom is 0.127 e. The molecule has 1 aliphatic heterocycles. The van der Waals surface area contributed by atoms with Crippen LogP contribution in [0.1, 0.15) is 24.8 Å². The summed E-state index contributed by atoms with van der Waals surface area (Å²) in [6.45, 7) is 1.60. The Morgan fingerprint density at radius 3 is 3.06 bits per heavy atom. The van der Waals surface area contributed by atoms with E-state index < -0.39 is 0 Å². The van der Waals surface area contributed by atoms with Gasteiger partial charge in [0.2, 0.25) is 0 Å². The largest absolute Gasteiger partial charge is 0.311 e. The lowest BCUT2D eigenvalue weighted by Gasteiger charge is -2.21. The summed E-state index contributed by atoms with van der Waals surface area (Å²) < 4.78 is 14.4. The molecule has 1 unspecified atom stereocenters. The maximum absolute atomic E-state index is 13.5. The molecule has 2 rings (SSSR count). The SMILES string of the molecule is Fc1ccc(Br)cc1CNCC1CCCCS1. The van der Waals surface area contributed by atoms with Gasteiger partial charge in [-0.25, -0.2) is 4.39 Å². The van der Waals surface area contributed by atoms with Crippen LogP contribution in [-0.4, -0.2) is 17.5 Å². The standard InChI is InChI=1S/C13H17BrFNS/c14-11-4-5-13(15)10(7-11)8-16-9-12-3-1-2-6-17-12/h4-5,7,12,16H,1-3,6,8-9H2. The average Bonchev–Trinajstić information content (AvgIpc) is 2.35. The van der Waals surface area contributed by atoms with Gasteiger partial charge < -0.3 is 5.32 Å². The summed E-state index contributed by atoms with van der Waals surface area (Å²) in [6.07, 6.45) is 3.98. The molecule has 1 heterocycles. The quantitative estimate of drug-likeness (QED) is 0.902. The predicted octanol–water partition coefficient (Wildman–Crippen LogP) is 3.96. The number of benzene rings is 1. The third-order valence-corrected chi connectivity index (χ3v) is 4.86. The van der Waals surface area contributed by atoms with E-state index in [-0.39, 0.29) is 5.82 Å². The van der Waals surface area contributed by atoms with Crippen LogP contribution in [0.2, 0.25) is 0 Å². The van der Waals surface area contributed by atoms with Crippen molar-refractivity contribution in [1.29, 1.82) is 0 Å². The van der Waals surface area contributed by atoms with Gasteiger partial charge in [-0.1, -0.05) is 22.4 Å². The number of halogens is 2. The fourth-order valence-corrected chi connectivity index (χ4v) is 3.70. The Labute approximate surface area is 115 Å². The second-order valence-electron chi connectivity index (χ2n) is 4.36. The van der Waals surface area contributed by atoms with Gasteiger partial charge in [0.25, 0.3) is 0 Å². The molecule has 1 aromatic carbocycles. The normalized spacial score (nSPS) is 20.5. The van der Waals surface area contributed by atoms with E-state index in [1.165, 1.54) is 31.1 Å². The fraction of sp³-hybridized carbons (Fsp3) is 0.538. The zero-order valence-corrected chi connectivity index (χ0v) is 12.1. The van der Waals surface area contributed by atoms with E-state index >= 15 is 0 Å². The van der Waals surface area contributed by atoms with Crippen molar-refractivity contribution >= 4 is 27.7 Å². The van der Waals surface area contributed by atoms with Crippen molar-refractivity contribution in [2.45, 2.75) is 31.1 Å². The number of nitrogens with one attached hydrogen (secondary N) is 1. The lowest BCUT2D eigenvalue weighted by molar-refractivity contribution is 0.568. The Morgan fingerprint density at radius 1 is 1.41 bits per heavy atom. The van der Waals surface area contributed by atoms with Gasteiger partial charge in [-0.05, 0) is 36.8 Å². The lowest BCUT2D eigenvalue weighted by atomic mass is 10.2. The summed E-state index contributed by atoms with van der Waals surface area (Å²) in [4.78, 5) is 0. The van der Waals surface area contributed by atoms with E-state index in [2.05, 4.69) is 21.2 Å². The van der Waals surface area contributed by atoms with Crippen LogP contribution < -0.4 is 5.32 Å². The highest BCUT2D eigenvalue weighted by atomic mass is 79.9. The molecule has 17 heavy (non-hydrogen) atoms. The molecule has 1 atom stereocenters. The minimum Gasteiger partial charge on any atom is -0.311 e. The van der Waals surface area contributed by atoms with Gasteiger partial charge in [0.05, 0.1) is 0 Å². The second-order valence-corrected chi connectivity index (χ2v) is 6.68. The molecule has 1 saturated heterocycles. The molecule has 0 bridgehead atoms. The molecule has 1 nitrogen and oxygen atoms in total. The molecule has 0 radical (unpaired) electrons. The van der Waals surface area contributed by atoms with Crippen molar-refractivity contribution in [3.8, 4) is 0 Å². The molecule has 0 spiro atoms. The summed E-state index contributed by atoms with van der Waals surface area (Å²) in [5, 5.41) is 4.07. The smallest absolute Gasteiger partial charge is 0.127 e. The third kappa shape index (κ3) is 4.27. The van der Waals surface area contributed by atoms with Crippen LogP contribution in [0.3, 0.4) is 0 Å². The van der Waals surface area contributed by atoms with Crippen LogP contribution in [0.15, 0.2) is 22.7 Å². The van der Waals surface area contributed by atoms with Gasteiger partial charge in [0.1, 0.15) is 5.82 Å². The van der Waals surface area contributed by atoms with Crippen LogP contribution in [0.25, 0.3) is 0 Å². The highest BCUT2D eigenvalue weighted by Gasteiger charge is 2.13. The van der Waals surface area contributed by atoms with Crippen LogP contribution in [0, 0.1) is 5.82 Å². The monoisotopic (exact) mass is 317 g/mol. The van der Waals surface area contributed by atoms with Gasteiger partial charge in [-0.15, -0.1) is 0 Å². The Balaban J connectivity index is 1.79.